The van der Waals surface area contributed by atoms with E-state index in [1.54, 1.807) is 25.2 Å². The molecular weight excluding hydrogens is 540 g/mol. The Morgan fingerprint density at radius 3 is 2.33 bits per heavy atom. The van der Waals surface area contributed by atoms with E-state index in [4.69, 9.17) is 0 Å². The van der Waals surface area contributed by atoms with Crippen molar-refractivity contribution in [2.24, 2.45) is 13.0 Å². The summed E-state index contributed by atoms with van der Waals surface area (Å²) in [5.74, 6) is -2.83. The third kappa shape index (κ3) is 8.56. The van der Waals surface area contributed by atoms with Crippen molar-refractivity contribution in [2.75, 3.05) is 11.9 Å². The Balaban J connectivity index is 1.74. The third-order valence-corrected chi connectivity index (χ3v) is 6.96. The molecule has 0 bridgehead atoms. The van der Waals surface area contributed by atoms with Gasteiger partial charge in [0.05, 0.1) is 12.5 Å². The normalized spacial score (nSPS) is 11.5. The van der Waals surface area contributed by atoms with E-state index in [2.05, 4.69) is 20.9 Å². The van der Waals surface area contributed by atoms with Crippen LogP contribution in [0.4, 0.5) is 5.69 Å². The van der Waals surface area contributed by atoms with Crippen molar-refractivity contribution in [3.05, 3.63) is 82.8 Å². The standard InChI is InChI=1S/C30H36N6O6/c1-4-20(5-2)16-32-26(38)18-36-15-9-12-23(30(36)42)34-28(40)22(33-29(41)24-17-31-19-35(24)3)13-14-25(37)27(39)21-10-7-6-8-11-21/h6-12,15,17,19-20,22H,4-5,13-14,16,18H2,1-3H3,(H,32,38)(H,33,41)(H,34,40). The van der Waals surface area contributed by atoms with Gasteiger partial charge in [-0.25, -0.2) is 4.98 Å². The minimum absolute atomic E-state index is 0.109. The number of benzene rings is 1. The van der Waals surface area contributed by atoms with Crippen LogP contribution in [0.1, 0.15) is 60.4 Å². The predicted molar refractivity (Wildman–Crippen MR) is 156 cm³/mol. The van der Waals surface area contributed by atoms with E-state index in [9.17, 15) is 28.8 Å². The number of nitrogens with one attached hydrogen (secondary N) is 3. The van der Waals surface area contributed by atoms with Crippen molar-refractivity contribution in [1.82, 2.24) is 24.8 Å². The van der Waals surface area contributed by atoms with E-state index < -0.39 is 35.0 Å². The Bertz CT molecular complexity index is 1470. The van der Waals surface area contributed by atoms with Crippen LogP contribution in [-0.2, 0) is 28.0 Å². The highest BCUT2D eigenvalue weighted by molar-refractivity contribution is 6.43. The Morgan fingerprint density at radius 2 is 1.69 bits per heavy atom. The molecule has 3 amide bonds. The summed E-state index contributed by atoms with van der Waals surface area (Å²) in [6.45, 7) is 4.35. The van der Waals surface area contributed by atoms with Crippen LogP contribution in [-0.4, -0.2) is 56.0 Å². The van der Waals surface area contributed by atoms with E-state index >= 15 is 0 Å². The smallest absolute Gasteiger partial charge is 0.274 e. The van der Waals surface area contributed by atoms with Gasteiger partial charge >= 0.3 is 0 Å². The zero-order valence-corrected chi connectivity index (χ0v) is 24.0. The number of imidazole rings is 1. The summed E-state index contributed by atoms with van der Waals surface area (Å²) in [4.78, 5) is 80.7. The molecule has 0 aliphatic carbocycles. The Labute approximate surface area is 243 Å². The Kier molecular flexibility index (Phi) is 11.5. The number of carbonyl (C=O) groups excluding carboxylic acids is 5. The van der Waals surface area contributed by atoms with Crippen molar-refractivity contribution in [3.63, 3.8) is 0 Å². The number of hydrogen-bond acceptors (Lipinski definition) is 7. The van der Waals surface area contributed by atoms with Gasteiger partial charge in [-0.05, 0) is 24.5 Å². The molecule has 1 aromatic carbocycles. The molecule has 0 fully saturated rings. The van der Waals surface area contributed by atoms with E-state index in [1.165, 1.54) is 52.1 Å². The van der Waals surface area contributed by atoms with Crippen molar-refractivity contribution in [1.29, 1.82) is 0 Å². The van der Waals surface area contributed by atoms with Gasteiger partial charge in [-0.2, -0.15) is 0 Å². The maximum absolute atomic E-state index is 13.3. The van der Waals surface area contributed by atoms with Gasteiger partial charge < -0.3 is 25.1 Å². The number of hydrogen-bond donors (Lipinski definition) is 3. The Morgan fingerprint density at radius 1 is 0.976 bits per heavy atom. The first-order valence-electron chi connectivity index (χ1n) is 13.8. The molecule has 1 atom stereocenters. The lowest BCUT2D eigenvalue weighted by Crippen LogP contribution is -2.45. The van der Waals surface area contributed by atoms with Crippen LogP contribution in [0.2, 0.25) is 0 Å². The summed E-state index contributed by atoms with van der Waals surface area (Å²) in [5, 5.41) is 7.90. The monoisotopic (exact) mass is 576 g/mol. The number of carbonyl (C=O) groups is 5. The second-order valence-electron chi connectivity index (χ2n) is 9.90. The SMILES string of the molecule is CCC(CC)CNC(=O)Cn1cccc(NC(=O)C(CCC(=O)C(=O)c2ccccc2)NC(=O)c2cncn2C)c1=O. The van der Waals surface area contributed by atoms with Crippen LogP contribution in [0.3, 0.4) is 0 Å². The van der Waals surface area contributed by atoms with Gasteiger partial charge in [0.1, 0.15) is 24.0 Å². The molecule has 222 valence electrons. The number of ketones is 2. The predicted octanol–water partition coefficient (Wildman–Crippen LogP) is 2.10. The van der Waals surface area contributed by atoms with Gasteiger partial charge in [0.2, 0.25) is 23.4 Å². The molecule has 0 aliphatic heterocycles. The fourth-order valence-corrected chi connectivity index (χ4v) is 4.24. The highest BCUT2D eigenvalue weighted by atomic mass is 16.2. The molecular formula is C30H36N6O6. The van der Waals surface area contributed by atoms with Crippen LogP contribution in [0.15, 0.2) is 66.0 Å². The lowest BCUT2D eigenvalue weighted by Gasteiger charge is -2.18. The van der Waals surface area contributed by atoms with E-state index in [-0.39, 0.29) is 42.2 Å². The van der Waals surface area contributed by atoms with Crippen LogP contribution in [0.25, 0.3) is 0 Å². The number of pyridine rings is 1. The van der Waals surface area contributed by atoms with Crippen molar-refractivity contribution in [2.45, 2.75) is 52.1 Å². The Hall–Kier alpha value is -4.87. The molecule has 3 aromatic rings. The number of anilines is 1. The molecule has 2 heterocycles. The highest BCUT2D eigenvalue weighted by Crippen LogP contribution is 2.10. The minimum atomic E-state index is -1.27. The van der Waals surface area contributed by atoms with Gasteiger partial charge in [-0.1, -0.05) is 57.0 Å². The van der Waals surface area contributed by atoms with Gasteiger partial charge in [0.15, 0.2) is 0 Å². The first kappa shape index (κ1) is 31.7. The summed E-state index contributed by atoms with van der Waals surface area (Å²) in [6, 6.07) is 9.63. The number of aromatic nitrogens is 3. The average molecular weight is 577 g/mol. The molecule has 0 aliphatic rings. The molecule has 0 spiro atoms. The molecule has 42 heavy (non-hydrogen) atoms. The molecule has 3 N–H and O–H groups in total. The lowest BCUT2D eigenvalue weighted by molar-refractivity contribution is -0.122. The van der Waals surface area contributed by atoms with Crippen molar-refractivity contribution >= 4 is 35.0 Å². The van der Waals surface area contributed by atoms with Crippen molar-refractivity contribution < 1.29 is 24.0 Å². The average Bonchev–Trinajstić information content (AvgIpc) is 3.43. The summed E-state index contributed by atoms with van der Waals surface area (Å²) in [6.07, 6.45) is 5.48. The topological polar surface area (TPSA) is 161 Å². The summed E-state index contributed by atoms with van der Waals surface area (Å²) in [7, 11) is 1.60. The zero-order valence-electron chi connectivity index (χ0n) is 24.0. The maximum atomic E-state index is 13.3. The number of aryl methyl sites for hydroxylation is 1. The molecule has 0 saturated carbocycles. The minimum Gasteiger partial charge on any atom is -0.354 e. The summed E-state index contributed by atoms with van der Waals surface area (Å²) in [5.41, 5.74) is -0.338. The molecule has 0 saturated heterocycles. The molecule has 2 aromatic heterocycles. The first-order valence-corrected chi connectivity index (χ1v) is 13.8. The van der Waals surface area contributed by atoms with Crippen LogP contribution >= 0.6 is 0 Å². The van der Waals surface area contributed by atoms with Crippen LogP contribution in [0.5, 0.6) is 0 Å². The fourth-order valence-electron chi connectivity index (χ4n) is 4.24. The number of amides is 3. The molecule has 0 radical (unpaired) electrons. The van der Waals surface area contributed by atoms with Gasteiger partial charge in [0.25, 0.3) is 11.5 Å². The van der Waals surface area contributed by atoms with Crippen LogP contribution in [0, 0.1) is 5.92 Å². The maximum Gasteiger partial charge on any atom is 0.274 e. The lowest BCUT2D eigenvalue weighted by atomic mass is 10.0. The molecule has 1 unspecified atom stereocenters. The van der Waals surface area contributed by atoms with Crippen molar-refractivity contribution in [3.8, 4) is 0 Å². The van der Waals surface area contributed by atoms with Gasteiger partial charge in [-0.3, -0.25) is 28.8 Å². The van der Waals surface area contributed by atoms with Gasteiger partial charge in [-0.15, -0.1) is 0 Å². The number of nitrogens with zero attached hydrogens (tertiary/aromatic N) is 3. The van der Waals surface area contributed by atoms with Crippen LogP contribution < -0.4 is 21.5 Å². The highest BCUT2D eigenvalue weighted by Gasteiger charge is 2.26. The van der Waals surface area contributed by atoms with Gasteiger partial charge in [0, 0.05) is 31.8 Å². The number of rotatable bonds is 15. The quantitative estimate of drug-likeness (QED) is 0.184. The fraction of sp³-hybridized carbons (Fsp3) is 0.367. The van der Waals surface area contributed by atoms with E-state index in [0.29, 0.717) is 12.5 Å². The van der Waals surface area contributed by atoms with E-state index in [1.807, 2.05) is 13.8 Å². The zero-order chi connectivity index (χ0) is 30.6. The molecule has 12 nitrogen and oxygen atoms in total. The van der Waals surface area contributed by atoms with E-state index in [0.717, 1.165) is 12.8 Å². The molecule has 3 rings (SSSR count). The summed E-state index contributed by atoms with van der Waals surface area (Å²) < 4.78 is 2.63. The molecule has 12 heteroatoms. The second-order valence-corrected chi connectivity index (χ2v) is 9.90. The largest absolute Gasteiger partial charge is 0.354 e. The number of Topliss-reactive ketones (excluding diaryl/α,β-unsaturated/α-hetero) is 2. The second kappa shape index (κ2) is 15.2. The first-order chi connectivity index (χ1) is 20.1. The third-order valence-electron chi connectivity index (χ3n) is 6.96. The summed E-state index contributed by atoms with van der Waals surface area (Å²) >= 11 is 0.